The van der Waals surface area contributed by atoms with Crippen molar-refractivity contribution in [3.05, 3.63) is 64.7 Å². The average Bonchev–Trinajstić information content (AvgIpc) is 2.63. The van der Waals surface area contributed by atoms with Gasteiger partial charge in [-0.05, 0) is 41.8 Å². The number of halogens is 1. The molecule has 2 aromatic rings. The molecule has 2 rings (SSSR count). The number of nitrogens with two attached hydrogens (primary N) is 1. The van der Waals surface area contributed by atoms with E-state index in [0.717, 1.165) is 16.9 Å². The zero-order valence-electron chi connectivity index (χ0n) is 14.0. The first kappa shape index (κ1) is 18.8. The number of benzene rings is 2. The Bertz CT molecular complexity index is 727. The number of oxime groups is 1. The maximum absolute atomic E-state index is 12.4. The lowest BCUT2D eigenvalue weighted by Gasteiger charge is -2.15. The maximum Gasteiger partial charge on any atom is 0.143 e. The number of hydrogen-bond acceptors (Lipinski definition) is 4. The van der Waals surface area contributed by atoms with Crippen molar-refractivity contribution >= 4 is 23.2 Å². The average molecular weight is 361 g/mol. The number of ether oxygens (including phenoxy) is 1. The largest absolute Gasteiger partial charge is 0.497 e. The van der Waals surface area contributed by atoms with Gasteiger partial charge in [0.1, 0.15) is 17.4 Å². The molecule has 0 aliphatic rings. The Morgan fingerprint density at radius 3 is 2.32 bits per heavy atom. The molecule has 0 saturated carbocycles. The lowest BCUT2D eigenvalue weighted by molar-refractivity contribution is -0.118. The van der Waals surface area contributed by atoms with Crippen LogP contribution in [0.15, 0.2) is 53.7 Å². The number of methoxy groups -OCH3 is 1. The highest BCUT2D eigenvalue weighted by Gasteiger charge is 2.19. The number of rotatable bonds is 8. The van der Waals surface area contributed by atoms with Gasteiger partial charge in [0.15, 0.2) is 0 Å². The minimum absolute atomic E-state index is 0.0208. The van der Waals surface area contributed by atoms with Crippen molar-refractivity contribution in [2.45, 2.75) is 19.3 Å². The third-order valence-electron chi connectivity index (χ3n) is 3.96. The highest BCUT2D eigenvalue weighted by molar-refractivity contribution is 6.30. The quantitative estimate of drug-likeness (QED) is 0.327. The fourth-order valence-electron chi connectivity index (χ4n) is 2.59. The molecule has 1 atom stereocenters. The van der Waals surface area contributed by atoms with E-state index in [1.54, 1.807) is 19.2 Å². The van der Waals surface area contributed by atoms with Gasteiger partial charge in [-0.25, -0.2) is 0 Å². The van der Waals surface area contributed by atoms with Crippen LogP contribution in [0.5, 0.6) is 5.75 Å². The summed E-state index contributed by atoms with van der Waals surface area (Å²) in [6, 6.07) is 14.6. The van der Waals surface area contributed by atoms with Crippen molar-refractivity contribution in [1.82, 2.24) is 0 Å². The van der Waals surface area contributed by atoms with Gasteiger partial charge >= 0.3 is 0 Å². The molecule has 6 heteroatoms. The van der Waals surface area contributed by atoms with E-state index in [2.05, 4.69) is 5.16 Å². The Morgan fingerprint density at radius 2 is 1.76 bits per heavy atom. The van der Waals surface area contributed by atoms with Crippen LogP contribution in [0.3, 0.4) is 0 Å². The fourth-order valence-corrected chi connectivity index (χ4v) is 2.71. The number of nitrogens with zero attached hydrogens (tertiary/aromatic N) is 1. The van der Waals surface area contributed by atoms with E-state index in [-0.39, 0.29) is 30.4 Å². The molecule has 0 heterocycles. The Balaban J connectivity index is 2.03. The SMILES string of the molecule is COc1ccc(CC(CC(=O)Cc2ccc(Cl)cc2)/C(N)=N/O)cc1. The first-order valence-electron chi connectivity index (χ1n) is 7.88. The zero-order valence-corrected chi connectivity index (χ0v) is 14.7. The van der Waals surface area contributed by atoms with Gasteiger partial charge < -0.3 is 15.7 Å². The van der Waals surface area contributed by atoms with Crippen LogP contribution < -0.4 is 10.5 Å². The summed E-state index contributed by atoms with van der Waals surface area (Å²) in [7, 11) is 1.60. The van der Waals surface area contributed by atoms with Gasteiger partial charge in [-0.15, -0.1) is 0 Å². The van der Waals surface area contributed by atoms with Crippen molar-refractivity contribution < 1.29 is 14.7 Å². The molecule has 132 valence electrons. The molecule has 0 spiro atoms. The van der Waals surface area contributed by atoms with E-state index in [4.69, 9.17) is 27.3 Å². The van der Waals surface area contributed by atoms with E-state index >= 15 is 0 Å². The molecule has 3 N–H and O–H groups in total. The highest BCUT2D eigenvalue weighted by Crippen LogP contribution is 2.18. The van der Waals surface area contributed by atoms with Crippen molar-refractivity contribution in [2.24, 2.45) is 16.8 Å². The maximum atomic E-state index is 12.4. The van der Waals surface area contributed by atoms with Gasteiger partial charge in [-0.2, -0.15) is 0 Å². The second-order valence-electron chi connectivity index (χ2n) is 5.82. The first-order chi connectivity index (χ1) is 12.0. The lowest BCUT2D eigenvalue weighted by atomic mass is 9.91. The van der Waals surface area contributed by atoms with Crippen molar-refractivity contribution in [3.63, 3.8) is 0 Å². The van der Waals surface area contributed by atoms with Crippen LogP contribution in [-0.4, -0.2) is 23.9 Å². The molecular weight excluding hydrogens is 340 g/mol. The van der Waals surface area contributed by atoms with E-state index in [0.29, 0.717) is 11.4 Å². The number of carbonyl (C=O) groups excluding carboxylic acids is 1. The van der Waals surface area contributed by atoms with Gasteiger partial charge in [0.2, 0.25) is 0 Å². The molecule has 0 aliphatic heterocycles. The molecule has 0 fully saturated rings. The predicted molar refractivity (Wildman–Crippen MR) is 98.4 cm³/mol. The number of carbonyl (C=O) groups is 1. The third-order valence-corrected chi connectivity index (χ3v) is 4.22. The third kappa shape index (κ3) is 5.80. The fraction of sp³-hybridized carbons (Fsp3) is 0.263. The summed E-state index contributed by atoms with van der Waals surface area (Å²) in [5, 5.41) is 12.7. The van der Waals surface area contributed by atoms with Crippen LogP contribution >= 0.6 is 11.6 Å². The van der Waals surface area contributed by atoms with Gasteiger partial charge in [0.25, 0.3) is 0 Å². The van der Waals surface area contributed by atoms with Gasteiger partial charge in [-0.1, -0.05) is 41.0 Å². The number of Topliss-reactive ketones (excluding diaryl/α,β-unsaturated/α-hetero) is 1. The van der Waals surface area contributed by atoms with Crippen LogP contribution in [0.1, 0.15) is 17.5 Å². The standard InChI is InChI=1S/C19H21ClN2O3/c1-25-18-8-4-13(5-9-18)10-15(19(21)22-24)12-17(23)11-14-2-6-16(20)7-3-14/h2-9,15,24H,10-12H2,1H3,(H2,21,22). The summed E-state index contributed by atoms with van der Waals surface area (Å²) in [6.07, 6.45) is 0.992. The first-order valence-corrected chi connectivity index (χ1v) is 8.26. The number of hydrogen-bond donors (Lipinski definition) is 2. The second-order valence-corrected chi connectivity index (χ2v) is 6.26. The van der Waals surface area contributed by atoms with Crippen LogP contribution in [0.2, 0.25) is 5.02 Å². The summed E-state index contributed by atoms with van der Waals surface area (Å²) in [5.41, 5.74) is 7.66. The molecule has 0 amide bonds. The van der Waals surface area contributed by atoms with Crippen molar-refractivity contribution in [3.8, 4) is 5.75 Å². The zero-order chi connectivity index (χ0) is 18.2. The van der Waals surface area contributed by atoms with E-state index < -0.39 is 0 Å². The van der Waals surface area contributed by atoms with Crippen molar-refractivity contribution in [1.29, 1.82) is 0 Å². The summed E-state index contributed by atoms with van der Waals surface area (Å²) in [4.78, 5) is 12.4. The smallest absolute Gasteiger partial charge is 0.143 e. The molecule has 0 aliphatic carbocycles. The molecule has 25 heavy (non-hydrogen) atoms. The van der Waals surface area contributed by atoms with Crippen LogP contribution in [0.4, 0.5) is 0 Å². The van der Waals surface area contributed by atoms with E-state index in [1.807, 2.05) is 36.4 Å². The Kier molecular flexibility index (Phi) is 6.83. The summed E-state index contributed by atoms with van der Waals surface area (Å²) in [6.45, 7) is 0. The van der Waals surface area contributed by atoms with Crippen LogP contribution in [0.25, 0.3) is 0 Å². The summed E-state index contributed by atoms with van der Waals surface area (Å²) >= 11 is 5.85. The predicted octanol–water partition coefficient (Wildman–Crippen LogP) is 3.46. The number of ketones is 1. The molecule has 0 aromatic heterocycles. The molecule has 5 nitrogen and oxygen atoms in total. The minimum Gasteiger partial charge on any atom is -0.497 e. The van der Waals surface area contributed by atoms with Crippen molar-refractivity contribution in [2.75, 3.05) is 7.11 Å². The topological polar surface area (TPSA) is 84.9 Å². The van der Waals surface area contributed by atoms with Crippen LogP contribution in [0, 0.1) is 5.92 Å². The molecule has 1 unspecified atom stereocenters. The molecule has 0 radical (unpaired) electrons. The van der Waals surface area contributed by atoms with Gasteiger partial charge in [-0.3, -0.25) is 4.79 Å². The molecule has 0 bridgehead atoms. The molecule has 2 aromatic carbocycles. The minimum atomic E-state index is -0.363. The molecule has 0 saturated heterocycles. The van der Waals surface area contributed by atoms with E-state index in [1.165, 1.54) is 0 Å². The highest BCUT2D eigenvalue weighted by atomic mass is 35.5. The van der Waals surface area contributed by atoms with Gasteiger partial charge in [0.05, 0.1) is 7.11 Å². The van der Waals surface area contributed by atoms with E-state index in [9.17, 15) is 4.79 Å². The summed E-state index contributed by atoms with van der Waals surface area (Å²) in [5.74, 6) is 0.466. The summed E-state index contributed by atoms with van der Waals surface area (Å²) < 4.78 is 5.13. The second kappa shape index (κ2) is 9.08. The van der Waals surface area contributed by atoms with Gasteiger partial charge in [0, 0.05) is 23.8 Å². The Labute approximate surface area is 152 Å². The molecular formula is C19H21ClN2O3. The normalized spacial score (nSPS) is 12.6. The Morgan fingerprint density at radius 1 is 1.16 bits per heavy atom. The lowest BCUT2D eigenvalue weighted by Crippen LogP contribution is -2.28. The monoisotopic (exact) mass is 360 g/mol. The number of amidine groups is 1. The van der Waals surface area contributed by atoms with Crippen LogP contribution in [-0.2, 0) is 17.6 Å². The Hall–Kier alpha value is -2.53.